The Hall–Kier alpha value is -5.09. The minimum absolute atomic E-state index is 0.721. The maximum absolute atomic E-state index is 5.54. The zero-order chi connectivity index (χ0) is 29.3. The van der Waals surface area contributed by atoms with Gasteiger partial charge in [-0.15, -0.1) is 0 Å². The highest BCUT2D eigenvalue weighted by Gasteiger charge is 2.15. The molecule has 0 bridgehead atoms. The van der Waals surface area contributed by atoms with Crippen LogP contribution in [0, 0.1) is 6.92 Å². The van der Waals surface area contributed by atoms with E-state index in [0.717, 1.165) is 100 Å². The van der Waals surface area contributed by atoms with Crippen molar-refractivity contribution < 1.29 is 4.74 Å². The molecule has 1 aliphatic rings. The van der Waals surface area contributed by atoms with Gasteiger partial charge in [-0.1, -0.05) is 6.92 Å². The van der Waals surface area contributed by atoms with Gasteiger partial charge >= 0.3 is 0 Å². The lowest BCUT2D eigenvalue weighted by Gasteiger charge is -2.29. The second kappa shape index (κ2) is 11.3. The molecule has 7 rings (SSSR count). The summed E-state index contributed by atoms with van der Waals surface area (Å²) < 4.78 is 5.54. The number of aryl methyl sites for hydroxylation is 2. The average Bonchev–Trinajstić information content (AvgIpc) is 3.48. The number of H-pyrrole nitrogens is 1. The molecule has 6 aromatic rings. The number of benzene rings is 1. The number of aromatic amines is 1. The molecule has 0 atom stereocenters. The maximum Gasteiger partial charge on any atom is 0.157 e. The fourth-order valence-electron chi connectivity index (χ4n) is 5.43. The van der Waals surface area contributed by atoms with Crippen LogP contribution in [0.1, 0.15) is 18.3 Å². The number of anilines is 5. The van der Waals surface area contributed by atoms with Crippen LogP contribution in [0.3, 0.4) is 0 Å². The third kappa shape index (κ3) is 5.44. The van der Waals surface area contributed by atoms with Crippen molar-refractivity contribution in [3.8, 4) is 11.4 Å². The first-order valence-electron chi connectivity index (χ1n) is 14.6. The topological polar surface area (TPSA) is 108 Å². The van der Waals surface area contributed by atoms with E-state index in [0.29, 0.717) is 0 Å². The molecule has 0 amide bonds. The third-order valence-electron chi connectivity index (χ3n) is 7.86. The Kier molecular flexibility index (Phi) is 7.04. The maximum atomic E-state index is 5.54. The SMILES string of the molecule is CCc1cc(N(C)c2cnc3[nH]c(-c4ccc(Nc5cc(C)nc6ccc(N7CCOCC7)cc56)nc4)nc3c2)ccn1. The molecule has 0 saturated carbocycles. The molecule has 10 nitrogen and oxygen atoms in total. The van der Waals surface area contributed by atoms with E-state index >= 15 is 0 Å². The number of fused-ring (bicyclic) bond motifs is 2. The summed E-state index contributed by atoms with van der Waals surface area (Å²) in [7, 11) is 2.03. The lowest BCUT2D eigenvalue weighted by molar-refractivity contribution is 0.122. The van der Waals surface area contributed by atoms with Gasteiger partial charge in [0.1, 0.15) is 17.2 Å². The fraction of sp³-hybridized carbons (Fsp3) is 0.242. The van der Waals surface area contributed by atoms with Crippen LogP contribution < -0.4 is 15.1 Å². The van der Waals surface area contributed by atoms with Gasteiger partial charge in [0.15, 0.2) is 5.65 Å². The molecule has 5 aromatic heterocycles. The normalized spacial score (nSPS) is 13.5. The lowest BCUT2D eigenvalue weighted by atomic mass is 10.1. The van der Waals surface area contributed by atoms with Crippen molar-refractivity contribution in [2.45, 2.75) is 20.3 Å². The van der Waals surface area contributed by atoms with E-state index in [1.807, 2.05) is 56.8 Å². The Bertz CT molecular complexity index is 1910. The van der Waals surface area contributed by atoms with Gasteiger partial charge in [-0.2, -0.15) is 0 Å². The molecule has 1 fully saturated rings. The van der Waals surface area contributed by atoms with E-state index in [1.165, 1.54) is 5.69 Å². The van der Waals surface area contributed by atoms with Crippen molar-refractivity contribution in [3.05, 3.63) is 84.6 Å². The van der Waals surface area contributed by atoms with E-state index in [1.54, 1.807) is 0 Å². The number of ether oxygens (including phenoxy) is 1. The highest BCUT2D eigenvalue weighted by Crippen LogP contribution is 2.31. The van der Waals surface area contributed by atoms with Crippen LogP contribution >= 0.6 is 0 Å². The summed E-state index contributed by atoms with van der Waals surface area (Å²) in [6, 6.07) is 18.6. The van der Waals surface area contributed by atoms with Crippen LogP contribution in [0.2, 0.25) is 0 Å². The molecule has 0 aliphatic carbocycles. The summed E-state index contributed by atoms with van der Waals surface area (Å²) in [5.41, 5.74) is 9.51. The number of rotatable bonds is 7. The number of aromatic nitrogens is 6. The molecule has 0 unspecified atom stereocenters. The Labute approximate surface area is 249 Å². The molecule has 10 heteroatoms. The second-order valence-corrected chi connectivity index (χ2v) is 10.7. The minimum Gasteiger partial charge on any atom is -0.378 e. The van der Waals surface area contributed by atoms with Crippen molar-refractivity contribution in [2.24, 2.45) is 0 Å². The smallest absolute Gasteiger partial charge is 0.157 e. The van der Waals surface area contributed by atoms with Crippen LogP contribution in [0.25, 0.3) is 33.5 Å². The first-order valence-corrected chi connectivity index (χ1v) is 14.6. The summed E-state index contributed by atoms with van der Waals surface area (Å²) in [5, 5.41) is 4.58. The van der Waals surface area contributed by atoms with Gasteiger partial charge in [-0.05, 0) is 67.9 Å². The number of nitrogens with one attached hydrogen (secondary N) is 2. The van der Waals surface area contributed by atoms with E-state index in [9.17, 15) is 0 Å². The largest absolute Gasteiger partial charge is 0.378 e. The summed E-state index contributed by atoms with van der Waals surface area (Å²) in [5.74, 6) is 1.47. The van der Waals surface area contributed by atoms with Gasteiger partial charge in [-0.3, -0.25) is 9.97 Å². The third-order valence-corrected chi connectivity index (χ3v) is 7.86. The summed E-state index contributed by atoms with van der Waals surface area (Å²) in [6.07, 6.45) is 6.41. The number of nitrogens with zero attached hydrogens (tertiary/aromatic N) is 7. The first-order chi connectivity index (χ1) is 21.0. The quantitative estimate of drug-likeness (QED) is 0.232. The van der Waals surface area contributed by atoms with Crippen molar-refractivity contribution in [1.29, 1.82) is 0 Å². The van der Waals surface area contributed by atoms with Crippen LogP contribution in [-0.2, 0) is 11.2 Å². The van der Waals surface area contributed by atoms with Gasteiger partial charge in [0.2, 0.25) is 0 Å². The first kappa shape index (κ1) is 26.8. The van der Waals surface area contributed by atoms with Crippen LogP contribution in [0.15, 0.2) is 73.2 Å². The second-order valence-electron chi connectivity index (χ2n) is 10.7. The Morgan fingerprint density at radius 3 is 2.60 bits per heavy atom. The van der Waals surface area contributed by atoms with Crippen molar-refractivity contribution in [2.75, 3.05) is 48.5 Å². The molecule has 0 spiro atoms. The van der Waals surface area contributed by atoms with Crippen molar-refractivity contribution >= 4 is 50.6 Å². The molecule has 1 aromatic carbocycles. The minimum atomic E-state index is 0.721. The average molecular weight is 572 g/mol. The van der Waals surface area contributed by atoms with Crippen molar-refractivity contribution in [1.82, 2.24) is 29.9 Å². The van der Waals surface area contributed by atoms with E-state index in [2.05, 4.69) is 67.3 Å². The molecule has 1 aliphatic heterocycles. The molecule has 6 heterocycles. The highest BCUT2D eigenvalue weighted by atomic mass is 16.5. The Morgan fingerprint density at radius 2 is 1.79 bits per heavy atom. The zero-order valence-corrected chi connectivity index (χ0v) is 24.5. The van der Waals surface area contributed by atoms with Crippen LogP contribution in [0.5, 0.6) is 0 Å². The predicted octanol–water partition coefficient (Wildman–Crippen LogP) is 6.18. The summed E-state index contributed by atoms with van der Waals surface area (Å²) in [6.45, 7) is 7.38. The van der Waals surface area contributed by atoms with Gasteiger partial charge in [-0.25, -0.2) is 15.0 Å². The number of pyridine rings is 4. The number of hydrogen-bond acceptors (Lipinski definition) is 9. The number of morpholine rings is 1. The lowest BCUT2D eigenvalue weighted by Crippen LogP contribution is -2.36. The molecule has 216 valence electrons. The van der Waals surface area contributed by atoms with E-state index in [4.69, 9.17) is 19.7 Å². The molecule has 2 N–H and O–H groups in total. The number of hydrogen-bond donors (Lipinski definition) is 2. The van der Waals surface area contributed by atoms with Gasteiger partial charge in [0, 0.05) is 66.2 Å². The van der Waals surface area contributed by atoms with Crippen LogP contribution in [-0.4, -0.2) is 63.3 Å². The standard InChI is InChI=1S/C33H33N9O/c1-4-23-16-24(9-10-34-23)41(3)26-18-30-33(36-20-26)40-32(39-30)22-5-8-31(35-19-22)38-29-15-21(2)37-28-7-6-25(17-27(28)29)42-11-13-43-14-12-42/h5-10,15-20H,4,11-14H2,1-3H3,(H,35,37,38)(H,36,39,40). The Morgan fingerprint density at radius 1 is 0.907 bits per heavy atom. The molecule has 1 saturated heterocycles. The van der Waals surface area contributed by atoms with Crippen LogP contribution in [0.4, 0.5) is 28.6 Å². The highest BCUT2D eigenvalue weighted by molar-refractivity contribution is 5.95. The zero-order valence-electron chi connectivity index (χ0n) is 24.5. The summed E-state index contributed by atoms with van der Waals surface area (Å²) in [4.78, 5) is 31.1. The number of imidazole rings is 1. The van der Waals surface area contributed by atoms with Gasteiger partial charge < -0.3 is 24.8 Å². The van der Waals surface area contributed by atoms with E-state index < -0.39 is 0 Å². The molecule has 43 heavy (non-hydrogen) atoms. The van der Waals surface area contributed by atoms with Crippen molar-refractivity contribution in [3.63, 3.8) is 0 Å². The fourth-order valence-corrected chi connectivity index (χ4v) is 5.43. The molecular weight excluding hydrogens is 538 g/mol. The monoisotopic (exact) mass is 571 g/mol. The Balaban J connectivity index is 1.13. The summed E-state index contributed by atoms with van der Waals surface area (Å²) >= 11 is 0. The molecular formula is C33H33N9O. The molecule has 0 radical (unpaired) electrons. The van der Waals surface area contributed by atoms with Gasteiger partial charge in [0.25, 0.3) is 0 Å². The van der Waals surface area contributed by atoms with E-state index in [-0.39, 0.29) is 0 Å². The predicted molar refractivity (Wildman–Crippen MR) is 172 cm³/mol. The van der Waals surface area contributed by atoms with Gasteiger partial charge in [0.05, 0.1) is 36.3 Å².